The zero-order valence-electron chi connectivity index (χ0n) is 11.7. The van der Waals surface area contributed by atoms with Crippen molar-refractivity contribution in [1.82, 2.24) is 10.2 Å². The highest BCUT2D eigenvalue weighted by atomic mass is 16.5. The van der Waals surface area contributed by atoms with Gasteiger partial charge in [-0.1, -0.05) is 19.3 Å². The van der Waals surface area contributed by atoms with Crippen molar-refractivity contribution in [3.63, 3.8) is 0 Å². The summed E-state index contributed by atoms with van der Waals surface area (Å²) in [7, 11) is 1.42. The Morgan fingerprint density at radius 3 is 2.47 bits per heavy atom. The Labute approximate surface area is 114 Å². The summed E-state index contributed by atoms with van der Waals surface area (Å²) < 4.78 is 4.81. The van der Waals surface area contributed by atoms with E-state index in [0.29, 0.717) is 6.54 Å². The molecule has 1 atom stereocenters. The van der Waals surface area contributed by atoms with Crippen LogP contribution in [0.4, 0.5) is 4.79 Å². The molecule has 6 heteroatoms. The molecule has 0 aromatic carbocycles. The van der Waals surface area contributed by atoms with E-state index in [0.717, 1.165) is 25.7 Å². The number of carboxylic acids is 1. The topological polar surface area (TPSA) is 78.9 Å². The molecule has 0 saturated heterocycles. The second-order valence-corrected chi connectivity index (χ2v) is 4.87. The van der Waals surface area contributed by atoms with Crippen LogP contribution in [0.25, 0.3) is 0 Å². The maximum Gasteiger partial charge on any atom is 0.328 e. The molecule has 2 N–H and O–H groups in total. The van der Waals surface area contributed by atoms with Gasteiger partial charge in [-0.15, -0.1) is 0 Å². The van der Waals surface area contributed by atoms with E-state index in [1.807, 2.05) is 6.92 Å². The first-order valence-corrected chi connectivity index (χ1v) is 6.89. The second-order valence-electron chi connectivity index (χ2n) is 4.87. The van der Waals surface area contributed by atoms with Gasteiger partial charge in [0.1, 0.15) is 0 Å². The van der Waals surface area contributed by atoms with Crippen LogP contribution in [0.1, 0.15) is 39.0 Å². The van der Waals surface area contributed by atoms with Crippen molar-refractivity contribution in [1.29, 1.82) is 0 Å². The van der Waals surface area contributed by atoms with Crippen LogP contribution in [0.15, 0.2) is 0 Å². The van der Waals surface area contributed by atoms with Crippen molar-refractivity contribution in [3.8, 4) is 0 Å². The van der Waals surface area contributed by atoms with Gasteiger partial charge in [0.15, 0.2) is 6.04 Å². The molecular formula is C13H24N2O4. The predicted molar refractivity (Wildman–Crippen MR) is 71.1 cm³/mol. The number of aliphatic carboxylic acids is 1. The van der Waals surface area contributed by atoms with Gasteiger partial charge in [0.2, 0.25) is 0 Å². The van der Waals surface area contributed by atoms with Crippen molar-refractivity contribution >= 4 is 12.0 Å². The average Bonchev–Trinajstić information content (AvgIpc) is 2.40. The Morgan fingerprint density at radius 2 is 2.00 bits per heavy atom. The average molecular weight is 272 g/mol. The summed E-state index contributed by atoms with van der Waals surface area (Å²) in [5, 5.41) is 11.5. The van der Waals surface area contributed by atoms with Crippen molar-refractivity contribution in [2.24, 2.45) is 0 Å². The minimum atomic E-state index is -1.07. The van der Waals surface area contributed by atoms with Crippen LogP contribution in [0, 0.1) is 0 Å². The molecule has 0 aromatic heterocycles. The number of carboxylic acid groups (broad SMARTS) is 1. The highest BCUT2D eigenvalue weighted by molar-refractivity contribution is 5.82. The van der Waals surface area contributed by atoms with Gasteiger partial charge in [-0.05, 0) is 19.8 Å². The van der Waals surface area contributed by atoms with E-state index in [2.05, 4.69) is 5.32 Å². The summed E-state index contributed by atoms with van der Waals surface area (Å²) in [6.07, 6.45) is 5.49. The van der Waals surface area contributed by atoms with Crippen LogP contribution in [0.5, 0.6) is 0 Å². The quantitative estimate of drug-likeness (QED) is 0.767. The first-order chi connectivity index (χ1) is 9.10. The van der Waals surface area contributed by atoms with Crippen LogP contribution >= 0.6 is 0 Å². The number of hydrogen-bond donors (Lipinski definition) is 2. The van der Waals surface area contributed by atoms with Crippen molar-refractivity contribution < 1.29 is 19.4 Å². The fourth-order valence-corrected chi connectivity index (χ4v) is 2.53. The number of hydrogen-bond acceptors (Lipinski definition) is 3. The molecule has 1 aliphatic rings. The van der Waals surface area contributed by atoms with Gasteiger partial charge >= 0.3 is 12.0 Å². The fraction of sp³-hybridized carbons (Fsp3) is 0.846. The zero-order chi connectivity index (χ0) is 14.3. The van der Waals surface area contributed by atoms with Gasteiger partial charge in [-0.3, -0.25) is 0 Å². The third kappa shape index (κ3) is 4.70. The molecule has 2 amide bonds. The first kappa shape index (κ1) is 15.8. The molecule has 1 rings (SSSR count). The maximum atomic E-state index is 12.2. The summed E-state index contributed by atoms with van der Waals surface area (Å²) in [5.41, 5.74) is 0. The normalized spacial score (nSPS) is 17.8. The number of nitrogens with one attached hydrogen (secondary N) is 1. The number of amides is 2. The van der Waals surface area contributed by atoms with E-state index in [-0.39, 0.29) is 18.7 Å². The molecule has 0 radical (unpaired) electrons. The lowest BCUT2D eigenvalue weighted by atomic mass is 9.94. The van der Waals surface area contributed by atoms with Gasteiger partial charge in [-0.25, -0.2) is 9.59 Å². The molecule has 19 heavy (non-hydrogen) atoms. The van der Waals surface area contributed by atoms with Crippen molar-refractivity contribution in [3.05, 3.63) is 0 Å². The number of methoxy groups -OCH3 is 1. The highest BCUT2D eigenvalue weighted by Crippen LogP contribution is 2.22. The van der Waals surface area contributed by atoms with Crippen molar-refractivity contribution in [2.75, 3.05) is 20.3 Å². The SMILES string of the molecule is CCN(C(=O)NC(COC)C(=O)O)C1CCCCC1. The summed E-state index contributed by atoms with van der Waals surface area (Å²) in [4.78, 5) is 24.9. The number of carbonyl (C=O) groups is 2. The first-order valence-electron chi connectivity index (χ1n) is 6.89. The Hall–Kier alpha value is -1.30. The Bertz CT molecular complexity index is 303. The monoisotopic (exact) mass is 272 g/mol. The minimum Gasteiger partial charge on any atom is -0.480 e. The lowest BCUT2D eigenvalue weighted by Gasteiger charge is -2.34. The summed E-state index contributed by atoms with van der Waals surface area (Å²) in [6.45, 7) is 2.49. The molecule has 0 bridgehead atoms. The number of urea groups is 1. The van der Waals surface area contributed by atoms with E-state index in [1.165, 1.54) is 13.5 Å². The third-order valence-corrected chi connectivity index (χ3v) is 3.55. The Kier molecular flexibility index (Phi) is 6.62. The van der Waals surface area contributed by atoms with E-state index >= 15 is 0 Å². The number of nitrogens with zero attached hydrogens (tertiary/aromatic N) is 1. The molecule has 0 heterocycles. The molecular weight excluding hydrogens is 248 g/mol. The summed E-state index contributed by atoms with van der Waals surface area (Å²) in [6, 6.07) is -1.07. The fourth-order valence-electron chi connectivity index (χ4n) is 2.53. The van der Waals surface area contributed by atoms with E-state index < -0.39 is 12.0 Å². The smallest absolute Gasteiger partial charge is 0.328 e. The molecule has 0 spiro atoms. The van der Waals surface area contributed by atoms with Crippen LogP contribution < -0.4 is 5.32 Å². The van der Waals surface area contributed by atoms with Gasteiger partial charge in [0.05, 0.1) is 6.61 Å². The minimum absolute atomic E-state index is 0.0245. The van der Waals surface area contributed by atoms with E-state index in [4.69, 9.17) is 9.84 Å². The maximum absolute atomic E-state index is 12.2. The number of rotatable bonds is 6. The van der Waals surface area contributed by atoms with Crippen LogP contribution in [0.2, 0.25) is 0 Å². The summed E-state index contributed by atoms with van der Waals surface area (Å²) in [5.74, 6) is -1.07. The second kappa shape index (κ2) is 7.99. The molecule has 1 aliphatic carbocycles. The molecule has 1 fully saturated rings. The third-order valence-electron chi connectivity index (χ3n) is 3.55. The molecule has 0 aliphatic heterocycles. The van der Waals surface area contributed by atoms with E-state index in [9.17, 15) is 9.59 Å². The summed E-state index contributed by atoms with van der Waals surface area (Å²) >= 11 is 0. The van der Waals surface area contributed by atoms with Crippen LogP contribution in [-0.2, 0) is 9.53 Å². The van der Waals surface area contributed by atoms with Crippen molar-refractivity contribution in [2.45, 2.75) is 51.1 Å². The molecule has 0 aromatic rings. The van der Waals surface area contributed by atoms with Gasteiger partial charge in [0.25, 0.3) is 0 Å². The van der Waals surface area contributed by atoms with Crippen LogP contribution in [-0.4, -0.2) is 54.4 Å². The van der Waals surface area contributed by atoms with Crippen LogP contribution in [0.3, 0.4) is 0 Å². The van der Waals surface area contributed by atoms with Gasteiger partial charge in [-0.2, -0.15) is 0 Å². The van der Waals surface area contributed by atoms with Gasteiger partial charge in [0, 0.05) is 19.7 Å². The Morgan fingerprint density at radius 1 is 1.37 bits per heavy atom. The highest BCUT2D eigenvalue weighted by Gasteiger charge is 2.27. The molecule has 1 unspecified atom stereocenters. The zero-order valence-corrected chi connectivity index (χ0v) is 11.7. The lowest BCUT2D eigenvalue weighted by Crippen LogP contribution is -2.53. The predicted octanol–water partition coefficient (Wildman–Crippen LogP) is 1.45. The molecule has 1 saturated carbocycles. The largest absolute Gasteiger partial charge is 0.480 e. The lowest BCUT2D eigenvalue weighted by molar-refractivity contribution is -0.140. The standard InChI is InChI=1S/C13H24N2O4/c1-3-15(10-7-5-4-6-8-10)13(18)14-11(9-19-2)12(16)17/h10-11H,3-9H2,1-2H3,(H,14,18)(H,16,17). The number of ether oxygens (including phenoxy) is 1. The Balaban J connectivity index is 2.58. The molecule has 110 valence electrons. The molecule has 6 nitrogen and oxygen atoms in total. The number of carbonyl (C=O) groups excluding carboxylic acids is 1. The van der Waals surface area contributed by atoms with E-state index in [1.54, 1.807) is 4.90 Å². The van der Waals surface area contributed by atoms with Gasteiger partial charge < -0.3 is 20.1 Å².